The first-order valence-electron chi connectivity index (χ1n) is 9.06. The van der Waals surface area contributed by atoms with Crippen molar-refractivity contribution in [2.75, 3.05) is 19.6 Å². The second-order valence-corrected chi connectivity index (χ2v) is 7.77. The summed E-state index contributed by atoms with van der Waals surface area (Å²) < 4.78 is 5.38. The Morgan fingerprint density at radius 3 is 2.52 bits per heavy atom. The number of likely N-dealkylation sites (tertiary alicyclic amines) is 1. The van der Waals surface area contributed by atoms with Gasteiger partial charge in [0.05, 0.1) is 0 Å². The van der Waals surface area contributed by atoms with E-state index in [1.54, 1.807) is 4.90 Å². The summed E-state index contributed by atoms with van der Waals surface area (Å²) in [6.07, 6.45) is 1.93. The second-order valence-electron chi connectivity index (χ2n) is 7.77. The average molecular weight is 346 g/mol. The van der Waals surface area contributed by atoms with Crippen molar-refractivity contribution < 1.29 is 14.3 Å². The number of piperidine rings is 1. The van der Waals surface area contributed by atoms with E-state index >= 15 is 0 Å². The van der Waals surface area contributed by atoms with Crippen molar-refractivity contribution >= 4 is 12.0 Å². The van der Waals surface area contributed by atoms with Crippen LogP contribution in [0.5, 0.6) is 0 Å². The van der Waals surface area contributed by atoms with Crippen LogP contribution in [0, 0.1) is 12.8 Å². The van der Waals surface area contributed by atoms with E-state index < -0.39 is 5.60 Å². The maximum atomic E-state index is 12.3. The first-order chi connectivity index (χ1) is 11.7. The van der Waals surface area contributed by atoms with Gasteiger partial charge in [-0.1, -0.05) is 29.8 Å². The SMILES string of the molecule is Cc1cccc(CCNC(=O)C2CCN(C(=O)OC(C)(C)C)CC2)c1. The highest BCUT2D eigenvalue weighted by Gasteiger charge is 2.29. The maximum Gasteiger partial charge on any atom is 0.410 e. The minimum atomic E-state index is -0.485. The van der Waals surface area contributed by atoms with Gasteiger partial charge in [0.2, 0.25) is 5.91 Å². The summed E-state index contributed by atoms with van der Waals surface area (Å²) in [4.78, 5) is 26.1. The zero-order valence-electron chi connectivity index (χ0n) is 15.8. The molecule has 1 saturated heterocycles. The quantitative estimate of drug-likeness (QED) is 0.910. The molecule has 0 bridgehead atoms. The molecule has 0 saturated carbocycles. The van der Waals surface area contributed by atoms with E-state index in [1.807, 2.05) is 26.8 Å². The molecular weight excluding hydrogens is 316 g/mol. The van der Waals surface area contributed by atoms with Gasteiger partial charge in [0.25, 0.3) is 0 Å². The molecule has 1 aromatic rings. The van der Waals surface area contributed by atoms with Crippen molar-refractivity contribution in [3.8, 4) is 0 Å². The third-order valence-corrected chi connectivity index (χ3v) is 4.31. The minimum Gasteiger partial charge on any atom is -0.444 e. The highest BCUT2D eigenvalue weighted by Crippen LogP contribution is 2.19. The Balaban J connectivity index is 1.71. The smallest absolute Gasteiger partial charge is 0.410 e. The van der Waals surface area contributed by atoms with Crippen molar-refractivity contribution in [2.24, 2.45) is 5.92 Å². The molecule has 0 atom stereocenters. The average Bonchev–Trinajstić information content (AvgIpc) is 2.53. The van der Waals surface area contributed by atoms with Gasteiger partial charge in [-0.25, -0.2) is 4.79 Å². The van der Waals surface area contributed by atoms with Gasteiger partial charge < -0.3 is 15.0 Å². The Labute approximate surface area is 150 Å². The molecule has 5 nitrogen and oxygen atoms in total. The number of nitrogens with zero attached hydrogens (tertiary/aromatic N) is 1. The van der Waals surface area contributed by atoms with Gasteiger partial charge in [0.1, 0.15) is 5.60 Å². The lowest BCUT2D eigenvalue weighted by atomic mass is 9.96. The van der Waals surface area contributed by atoms with E-state index in [4.69, 9.17) is 4.74 Å². The van der Waals surface area contributed by atoms with Gasteiger partial charge in [-0.2, -0.15) is 0 Å². The van der Waals surface area contributed by atoms with E-state index in [-0.39, 0.29) is 17.9 Å². The molecule has 1 aromatic carbocycles. The molecule has 1 aliphatic heterocycles. The van der Waals surface area contributed by atoms with Gasteiger partial charge in [-0.15, -0.1) is 0 Å². The summed E-state index contributed by atoms with van der Waals surface area (Å²) in [5.41, 5.74) is 1.99. The standard InChI is InChI=1S/C20H30N2O3/c1-15-6-5-7-16(14-15)8-11-21-18(23)17-9-12-22(13-10-17)19(24)25-20(2,3)4/h5-7,14,17H,8-13H2,1-4H3,(H,21,23). The van der Waals surface area contributed by atoms with Crippen LogP contribution < -0.4 is 5.32 Å². The number of carbonyl (C=O) groups is 2. The number of nitrogens with one attached hydrogen (secondary N) is 1. The molecule has 2 rings (SSSR count). The third kappa shape index (κ3) is 6.40. The normalized spacial score (nSPS) is 15.8. The first-order valence-corrected chi connectivity index (χ1v) is 9.06. The van der Waals surface area contributed by atoms with Gasteiger partial charge in [-0.3, -0.25) is 4.79 Å². The number of carbonyl (C=O) groups excluding carboxylic acids is 2. The van der Waals surface area contributed by atoms with Gasteiger partial charge in [0.15, 0.2) is 0 Å². The molecule has 0 aliphatic carbocycles. The molecule has 0 radical (unpaired) electrons. The third-order valence-electron chi connectivity index (χ3n) is 4.31. The maximum absolute atomic E-state index is 12.3. The summed E-state index contributed by atoms with van der Waals surface area (Å²) >= 11 is 0. The lowest BCUT2D eigenvalue weighted by molar-refractivity contribution is -0.126. The van der Waals surface area contributed by atoms with Gasteiger partial charge in [-0.05, 0) is 52.5 Å². The molecule has 2 amide bonds. The molecule has 1 aliphatic rings. The molecule has 1 fully saturated rings. The predicted molar refractivity (Wildman–Crippen MR) is 98.4 cm³/mol. The number of ether oxygens (including phenoxy) is 1. The molecule has 0 spiro atoms. The van der Waals surface area contributed by atoms with Crippen LogP contribution in [0.3, 0.4) is 0 Å². The van der Waals surface area contributed by atoms with Crippen LogP contribution in [0.4, 0.5) is 4.79 Å². The Morgan fingerprint density at radius 2 is 1.92 bits per heavy atom. The first kappa shape index (κ1) is 19.3. The van der Waals surface area contributed by atoms with E-state index in [1.165, 1.54) is 11.1 Å². The van der Waals surface area contributed by atoms with Gasteiger partial charge in [0, 0.05) is 25.6 Å². The highest BCUT2D eigenvalue weighted by atomic mass is 16.6. The number of benzene rings is 1. The molecular formula is C20H30N2O3. The lowest BCUT2D eigenvalue weighted by Gasteiger charge is -2.32. The monoisotopic (exact) mass is 346 g/mol. The highest BCUT2D eigenvalue weighted by molar-refractivity contribution is 5.79. The fourth-order valence-corrected chi connectivity index (χ4v) is 2.99. The van der Waals surface area contributed by atoms with Crippen LogP contribution in [-0.2, 0) is 16.0 Å². The number of rotatable bonds is 4. The van der Waals surface area contributed by atoms with Crippen LogP contribution >= 0.6 is 0 Å². The zero-order chi connectivity index (χ0) is 18.4. The summed E-state index contributed by atoms with van der Waals surface area (Å²) in [7, 11) is 0. The fraction of sp³-hybridized carbons (Fsp3) is 0.600. The largest absolute Gasteiger partial charge is 0.444 e. The van der Waals surface area contributed by atoms with Crippen LogP contribution in [-0.4, -0.2) is 42.1 Å². The van der Waals surface area contributed by atoms with E-state index in [2.05, 4.69) is 30.4 Å². The molecule has 0 aromatic heterocycles. The van der Waals surface area contributed by atoms with E-state index in [0.717, 1.165) is 6.42 Å². The van der Waals surface area contributed by atoms with Crippen LogP contribution in [0.15, 0.2) is 24.3 Å². The lowest BCUT2D eigenvalue weighted by Crippen LogP contribution is -2.45. The van der Waals surface area contributed by atoms with E-state index in [9.17, 15) is 9.59 Å². The second kappa shape index (κ2) is 8.37. The summed E-state index contributed by atoms with van der Waals surface area (Å²) in [5.74, 6) is 0.0766. The Kier molecular flexibility index (Phi) is 6.45. The predicted octanol–water partition coefficient (Wildman–Crippen LogP) is 3.30. The minimum absolute atomic E-state index is 0.0174. The van der Waals surface area contributed by atoms with E-state index in [0.29, 0.717) is 32.5 Å². The summed E-state index contributed by atoms with van der Waals surface area (Å²) in [5, 5.41) is 3.03. The topological polar surface area (TPSA) is 58.6 Å². The Bertz CT molecular complexity index is 599. The molecule has 1 heterocycles. The Hall–Kier alpha value is -2.04. The van der Waals surface area contributed by atoms with Crippen LogP contribution in [0.25, 0.3) is 0 Å². The van der Waals surface area contributed by atoms with Crippen LogP contribution in [0.2, 0.25) is 0 Å². The number of aryl methyl sites for hydroxylation is 1. The number of amides is 2. The molecule has 0 unspecified atom stereocenters. The number of hydrogen-bond donors (Lipinski definition) is 1. The van der Waals surface area contributed by atoms with Crippen LogP contribution in [0.1, 0.15) is 44.7 Å². The number of hydrogen-bond acceptors (Lipinski definition) is 3. The fourth-order valence-electron chi connectivity index (χ4n) is 2.99. The molecule has 25 heavy (non-hydrogen) atoms. The van der Waals surface area contributed by atoms with Crippen molar-refractivity contribution in [1.29, 1.82) is 0 Å². The van der Waals surface area contributed by atoms with Gasteiger partial charge >= 0.3 is 6.09 Å². The van der Waals surface area contributed by atoms with Crippen molar-refractivity contribution in [3.05, 3.63) is 35.4 Å². The molecule has 138 valence electrons. The molecule has 1 N–H and O–H groups in total. The van der Waals surface area contributed by atoms with Crippen molar-refractivity contribution in [3.63, 3.8) is 0 Å². The Morgan fingerprint density at radius 1 is 1.24 bits per heavy atom. The van der Waals surface area contributed by atoms with Crippen molar-refractivity contribution in [1.82, 2.24) is 10.2 Å². The van der Waals surface area contributed by atoms with Crippen molar-refractivity contribution in [2.45, 2.75) is 52.6 Å². The zero-order valence-corrected chi connectivity index (χ0v) is 15.8. The summed E-state index contributed by atoms with van der Waals surface area (Å²) in [6, 6.07) is 8.34. The molecule has 5 heteroatoms. The summed E-state index contributed by atoms with van der Waals surface area (Å²) in [6.45, 7) is 9.45.